The Hall–Kier alpha value is -1.90. The lowest BCUT2D eigenvalue weighted by molar-refractivity contribution is -0.122. The van der Waals surface area contributed by atoms with Gasteiger partial charge in [0.15, 0.2) is 5.78 Å². The van der Waals surface area contributed by atoms with Crippen molar-refractivity contribution in [3.05, 3.63) is 35.4 Å². The number of amides is 1. The van der Waals surface area contributed by atoms with Crippen LogP contribution in [0.15, 0.2) is 29.8 Å². The van der Waals surface area contributed by atoms with E-state index in [1.165, 1.54) is 39.0 Å². The average molecular weight is 325 g/mol. The molecule has 3 rings (SSSR count). The van der Waals surface area contributed by atoms with Gasteiger partial charge in [0.1, 0.15) is 0 Å². The molecule has 24 heavy (non-hydrogen) atoms. The predicted molar refractivity (Wildman–Crippen MR) is 97.6 cm³/mol. The Kier molecular flexibility index (Phi) is 5.49. The van der Waals surface area contributed by atoms with Gasteiger partial charge in [-0.05, 0) is 67.4 Å². The van der Waals surface area contributed by atoms with Gasteiger partial charge in [-0.3, -0.25) is 9.59 Å². The molecule has 0 bridgehead atoms. The van der Waals surface area contributed by atoms with Crippen LogP contribution in [0.1, 0.15) is 63.9 Å². The van der Waals surface area contributed by atoms with Crippen molar-refractivity contribution >= 4 is 23.5 Å². The highest BCUT2D eigenvalue weighted by molar-refractivity contribution is 6.02. The number of carbonyl (C=O) groups is 2. The zero-order valence-electron chi connectivity index (χ0n) is 14.5. The molecule has 2 saturated carbocycles. The highest BCUT2D eigenvalue weighted by Gasteiger charge is 2.33. The molecule has 3 nitrogen and oxygen atoms in total. The van der Waals surface area contributed by atoms with Gasteiger partial charge in [0, 0.05) is 18.5 Å². The third-order valence-electron chi connectivity index (χ3n) is 5.41. The number of rotatable bonds is 3. The molecular weight excluding hydrogens is 298 g/mol. The third kappa shape index (κ3) is 4.14. The van der Waals surface area contributed by atoms with Crippen LogP contribution in [0, 0.1) is 11.8 Å². The van der Waals surface area contributed by atoms with Crippen LogP contribution < -0.4 is 5.32 Å². The van der Waals surface area contributed by atoms with E-state index in [1.54, 1.807) is 0 Å². The van der Waals surface area contributed by atoms with Crippen LogP contribution in [-0.4, -0.2) is 11.7 Å². The van der Waals surface area contributed by atoms with Gasteiger partial charge in [-0.1, -0.05) is 31.4 Å². The Bertz CT molecular complexity index is 624. The quantitative estimate of drug-likeness (QED) is 0.797. The lowest BCUT2D eigenvalue weighted by atomic mass is 9.71. The van der Waals surface area contributed by atoms with Gasteiger partial charge in [0.05, 0.1) is 0 Å². The first-order chi connectivity index (χ1) is 11.6. The summed E-state index contributed by atoms with van der Waals surface area (Å²) in [4.78, 5) is 24.0. The molecule has 2 aliphatic rings. The summed E-state index contributed by atoms with van der Waals surface area (Å²) < 4.78 is 0. The minimum atomic E-state index is -0.0705. The molecular formula is C21H27NO2. The largest absolute Gasteiger partial charge is 0.326 e. The number of anilines is 1. The summed E-state index contributed by atoms with van der Waals surface area (Å²) in [6.45, 7) is 1.50. The van der Waals surface area contributed by atoms with Crippen molar-refractivity contribution < 1.29 is 9.59 Å². The molecule has 0 radical (unpaired) electrons. The maximum Gasteiger partial charge on any atom is 0.221 e. The van der Waals surface area contributed by atoms with Crippen LogP contribution in [0.4, 0.5) is 5.69 Å². The Morgan fingerprint density at radius 1 is 1.04 bits per heavy atom. The van der Waals surface area contributed by atoms with E-state index < -0.39 is 0 Å². The number of allylic oxidation sites excluding steroid dienone is 1. The van der Waals surface area contributed by atoms with Gasteiger partial charge in [0.2, 0.25) is 5.91 Å². The molecule has 0 saturated heterocycles. The summed E-state index contributed by atoms with van der Waals surface area (Å²) in [5.74, 6) is 1.18. The van der Waals surface area contributed by atoms with Crippen LogP contribution in [0.3, 0.4) is 0 Å². The molecule has 0 aliphatic heterocycles. The van der Waals surface area contributed by atoms with E-state index in [-0.39, 0.29) is 11.8 Å². The van der Waals surface area contributed by atoms with E-state index in [2.05, 4.69) is 11.4 Å². The molecule has 128 valence electrons. The van der Waals surface area contributed by atoms with Crippen molar-refractivity contribution in [2.24, 2.45) is 11.8 Å². The molecule has 3 heteroatoms. The maximum absolute atomic E-state index is 12.9. The zero-order valence-corrected chi connectivity index (χ0v) is 14.5. The second-order valence-corrected chi connectivity index (χ2v) is 7.23. The molecule has 1 aromatic rings. The fourth-order valence-electron chi connectivity index (χ4n) is 4.20. The summed E-state index contributed by atoms with van der Waals surface area (Å²) >= 11 is 0. The van der Waals surface area contributed by atoms with Crippen LogP contribution in [0.25, 0.3) is 6.08 Å². The Morgan fingerprint density at radius 2 is 1.75 bits per heavy atom. The lowest BCUT2D eigenvalue weighted by Crippen LogP contribution is -2.30. The second-order valence-electron chi connectivity index (χ2n) is 7.23. The minimum absolute atomic E-state index is 0.0705. The van der Waals surface area contributed by atoms with Gasteiger partial charge in [0.25, 0.3) is 0 Å². The van der Waals surface area contributed by atoms with Crippen molar-refractivity contribution in [1.82, 2.24) is 0 Å². The van der Waals surface area contributed by atoms with Crippen LogP contribution in [0.5, 0.6) is 0 Å². The smallest absolute Gasteiger partial charge is 0.221 e. The van der Waals surface area contributed by atoms with E-state index in [0.29, 0.717) is 11.7 Å². The average Bonchev–Trinajstić information content (AvgIpc) is 2.59. The number of Topliss-reactive ketones (excluding diaryl/α,β-unsaturated/α-hetero) is 1. The number of hydrogen-bond donors (Lipinski definition) is 1. The molecule has 1 N–H and O–H groups in total. The first-order valence-electron chi connectivity index (χ1n) is 9.26. The summed E-state index contributed by atoms with van der Waals surface area (Å²) in [7, 11) is 0. The van der Waals surface area contributed by atoms with Gasteiger partial charge >= 0.3 is 0 Å². The second kappa shape index (κ2) is 7.78. The zero-order chi connectivity index (χ0) is 16.9. The molecule has 0 spiro atoms. The van der Waals surface area contributed by atoms with Crippen molar-refractivity contribution in [3.8, 4) is 0 Å². The third-order valence-corrected chi connectivity index (χ3v) is 5.41. The van der Waals surface area contributed by atoms with Crippen molar-refractivity contribution in [3.63, 3.8) is 0 Å². The summed E-state index contributed by atoms with van der Waals surface area (Å²) in [6.07, 6.45) is 11.5. The summed E-state index contributed by atoms with van der Waals surface area (Å²) in [5, 5.41) is 2.77. The van der Waals surface area contributed by atoms with Crippen molar-refractivity contribution in [2.45, 2.75) is 58.3 Å². The first-order valence-corrected chi connectivity index (χ1v) is 9.26. The number of benzene rings is 1. The van der Waals surface area contributed by atoms with Crippen LogP contribution in [0.2, 0.25) is 0 Å². The van der Waals surface area contributed by atoms with Crippen molar-refractivity contribution in [1.29, 1.82) is 0 Å². The molecule has 2 aliphatic carbocycles. The van der Waals surface area contributed by atoms with E-state index in [1.807, 2.05) is 24.3 Å². The minimum Gasteiger partial charge on any atom is -0.326 e. The summed E-state index contributed by atoms with van der Waals surface area (Å²) in [5.41, 5.74) is 2.82. The fraction of sp³-hybridized carbons (Fsp3) is 0.524. The van der Waals surface area contributed by atoms with Gasteiger partial charge in [-0.25, -0.2) is 0 Å². The molecule has 2 fully saturated rings. The van der Waals surface area contributed by atoms with E-state index in [4.69, 9.17) is 0 Å². The highest BCUT2D eigenvalue weighted by atomic mass is 16.1. The van der Waals surface area contributed by atoms with E-state index >= 15 is 0 Å². The molecule has 0 heterocycles. The Balaban J connectivity index is 1.71. The Morgan fingerprint density at radius 3 is 2.42 bits per heavy atom. The number of carbonyl (C=O) groups excluding carboxylic acids is 2. The molecule has 1 amide bonds. The fourth-order valence-corrected chi connectivity index (χ4v) is 4.20. The monoisotopic (exact) mass is 325 g/mol. The predicted octanol–water partition coefficient (Wildman–Crippen LogP) is 4.98. The highest BCUT2D eigenvalue weighted by Crippen LogP contribution is 2.38. The summed E-state index contributed by atoms with van der Waals surface area (Å²) in [6, 6.07) is 7.71. The standard InChI is InChI=1S/C21H27NO2/c1-15(23)22-19-12-10-16(11-13-19)14-18-8-5-9-20(21(18)24)17-6-3-2-4-7-17/h10-14,17,20H,2-9H2,1H3,(H,22,23)/b18-14+/t20-/m1/s1. The molecule has 0 aromatic heterocycles. The van der Waals surface area contributed by atoms with Crippen LogP contribution in [-0.2, 0) is 9.59 Å². The van der Waals surface area contributed by atoms with Gasteiger partial charge in [-0.2, -0.15) is 0 Å². The number of ketones is 1. The Labute approximate surface area is 144 Å². The van der Waals surface area contributed by atoms with Crippen molar-refractivity contribution in [2.75, 3.05) is 5.32 Å². The number of nitrogens with one attached hydrogen (secondary N) is 1. The molecule has 1 atom stereocenters. The topological polar surface area (TPSA) is 46.2 Å². The van der Waals surface area contributed by atoms with E-state index in [0.717, 1.165) is 36.1 Å². The van der Waals surface area contributed by atoms with Gasteiger partial charge in [-0.15, -0.1) is 0 Å². The van der Waals surface area contributed by atoms with Gasteiger partial charge < -0.3 is 5.32 Å². The molecule has 0 unspecified atom stereocenters. The van der Waals surface area contributed by atoms with Crippen LogP contribution >= 0.6 is 0 Å². The number of hydrogen-bond acceptors (Lipinski definition) is 2. The first kappa shape index (κ1) is 16.9. The molecule has 1 aromatic carbocycles. The SMILES string of the molecule is CC(=O)Nc1ccc(/C=C2\CCC[C@H](C3CCCCC3)C2=O)cc1. The normalized spacial score (nSPS) is 24.1. The van der Waals surface area contributed by atoms with E-state index in [9.17, 15) is 9.59 Å². The lowest BCUT2D eigenvalue weighted by Gasteiger charge is -2.32. The maximum atomic E-state index is 12.9.